The molecule has 1 N–H and O–H groups in total. The Kier molecular flexibility index (Phi) is 4.48. The Labute approximate surface area is 115 Å². The summed E-state index contributed by atoms with van der Waals surface area (Å²) in [5, 5.41) is 9.53. The molecule has 0 bridgehead atoms. The van der Waals surface area contributed by atoms with Gasteiger partial charge >= 0.3 is 5.97 Å². The molecule has 0 aromatic carbocycles. The highest BCUT2D eigenvalue weighted by molar-refractivity contribution is 5.75. The van der Waals surface area contributed by atoms with Crippen molar-refractivity contribution in [3.8, 4) is 0 Å². The van der Waals surface area contributed by atoms with Crippen LogP contribution in [-0.4, -0.2) is 73.4 Å². The number of hydrogen-bond donors (Lipinski definition) is 1. The smallest absolute Gasteiger partial charge is 0.311 e. The minimum Gasteiger partial charge on any atom is -0.481 e. The Balaban J connectivity index is 1.92. The Morgan fingerprint density at radius 2 is 2.21 bits per heavy atom. The molecule has 0 aromatic heterocycles. The normalized spacial score (nSPS) is 34.0. The van der Waals surface area contributed by atoms with Crippen molar-refractivity contribution in [2.45, 2.75) is 26.4 Å². The van der Waals surface area contributed by atoms with Gasteiger partial charge in [0.05, 0.1) is 18.1 Å². The molecule has 2 rings (SSSR count). The molecular weight excluding hydrogens is 244 g/mol. The number of carbonyl (C=O) groups is 1. The van der Waals surface area contributed by atoms with E-state index in [1.54, 1.807) is 0 Å². The molecule has 5 heteroatoms. The molecule has 0 aliphatic carbocycles. The Hall–Kier alpha value is -0.650. The number of likely N-dealkylation sites (tertiary alicyclic amines) is 1. The molecule has 5 nitrogen and oxygen atoms in total. The zero-order valence-corrected chi connectivity index (χ0v) is 12.3. The first kappa shape index (κ1) is 14.8. The first-order valence-electron chi connectivity index (χ1n) is 7.20. The van der Waals surface area contributed by atoms with Crippen molar-refractivity contribution in [2.24, 2.45) is 11.3 Å². The quantitative estimate of drug-likeness (QED) is 0.817. The summed E-state index contributed by atoms with van der Waals surface area (Å²) in [5.41, 5.74) is -0.569. The van der Waals surface area contributed by atoms with Crippen LogP contribution >= 0.6 is 0 Å². The summed E-state index contributed by atoms with van der Waals surface area (Å²) in [6.07, 6.45) is 0.971. The van der Waals surface area contributed by atoms with Gasteiger partial charge in [0.25, 0.3) is 0 Å². The Bertz CT molecular complexity index is 335. The molecule has 0 amide bonds. The number of rotatable bonds is 4. The molecule has 110 valence electrons. The summed E-state index contributed by atoms with van der Waals surface area (Å²) in [6, 6.07) is 0. The lowest BCUT2D eigenvalue weighted by Gasteiger charge is -2.33. The maximum Gasteiger partial charge on any atom is 0.311 e. The van der Waals surface area contributed by atoms with E-state index in [4.69, 9.17) is 4.74 Å². The average Bonchev–Trinajstić information content (AvgIpc) is 2.74. The fourth-order valence-corrected chi connectivity index (χ4v) is 3.23. The van der Waals surface area contributed by atoms with Crippen molar-refractivity contribution >= 4 is 5.97 Å². The highest BCUT2D eigenvalue weighted by atomic mass is 16.5. The van der Waals surface area contributed by atoms with E-state index in [0.29, 0.717) is 6.54 Å². The van der Waals surface area contributed by atoms with Gasteiger partial charge in [-0.15, -0.1) is 0 Å². The lowest BCUT2D eigenvalue weighted by molar-refractivity contribution is -0.151. The fraction of sp³-hybridized carbons (Fsp3) is 0.929. The molecule has 2 unspecified atom stereocenters. The van der Waals surface area contributed by atoms with Crippen LogP contribution < -0.4 is 0 Å². The Morgan fingerprint density at radius 1 is 1.47 bits per heavy atom. The number of aliphatic carboxylic acids is 1. The van der Waals surface area contributed by atoms with E-state index in [1.807, 2.05) is 13.8 Å². The molecular formula is C14H26N2O3. The van der Waals surface area contributed by atoms with Crippen LogP contribution in [-0.2, 0) is 9.53 Å². The number of hydrogen-bond acceptors (Lipinski definition) is 4. The first-order chi connectivity index (χ1) is 8.94. The second-order valence-electron chi connectivity index (χ2n) is 6.36. The van der Waals surface area contributed by atoms with Gasteiger partial charge in [-0.25, -0.2) is 0 Å². The van der Waals surface area contributed by atoms with Gasteiger partial charge in [0.2, 0.25) is 0 Å². The maximum atomic E-state index is 11.6. The van der Waals surface area contributed by atoms with Gasteiger partial charge in [-0.05, 0) is 25.9 Å². The van der Waals surface area contributed by atoms with Crippen molar-refractivity contribution in [2.75, 3.05) is 46.4 Å². The Morgan fingerprint density at radius 3 is 2.74 bits per heavy atom. The number of carboxylic acids is 1. The molecule has 0 aromatic rings. The van der Waals surface area contributed by atoms with Crippen LogP contribution in [0.4, 0.5) is 0 Å². The van der Waals surface area contributed by atoms with E-state index in [2.05, 4.69) is 16.8 Å². The van der Waals surface area contributed by atoms with Crippen molar-refractivity contribution in [3.63, 3.8) is 0 Å². The molecule has 2 atom stereocenters. The van der Waals surface area contributed by atoms with Gasteiger partial charge in [0.1, 0.15) is 0 Å². The molecule has 2 fully saturated rings. The van der Waals surface area contributed by atoms with Gasteiger partial charge < -0.3 is 14.7 Å². The van der Waals surface area contributed by atoms with E-state index in [9.17, 15) is 9.90 Å². The maximum absolute atomic E-state index is 11.6. The second kappa shape index (κ2) is 5.77. The van der Waals surface area contributed by atoms with Gasteiger partial charge in [-0.1, -0.05) is 13.8 Å². The van der Waals surface area contributed by atoms with Crippen LogP contribution in [0.25, 0.3) is 0 Å². The number of ether oxygens (including phenoxy) is 1. The van der Waals surface area contributed by atoms with E-state index in [1.165, 1.54) is 0 Å². The summed E-state index contributed by atoms with van der Waals surface area (Å²) in [4.78, 5) is 16.1. The minimum absolute atomic E-state index is 0.171. The van der Waals surface area contributed by atoms with Crippen molar-refractivity contribution in [1.82, 2.24) is 9.80 Å². The average molecular weight is 270 g/mol. The summed E-state index contributed by atoms with van der Waals surface area (Å²) in [6.45, 7) is 9.12. The SMILES string of the molecule is CC(C)C1(C(=O)O)CCN(CC2CN(C)CCO2)C1. The third-order valence-electron chi connectivity index (χ3n) is 4.71. The van der Waals surface area contributed by atoms with Gasteiger partial charge in [-0.2, -0.15) is 0 Å². The lowest BCUT2D eigenvalue weighted by atomic mass is 9.76. The summed E-state index contributed by atoms with van der Waals surface area (Å²) >= 11 is 0. The van der Waals surface area contributed by atoms with Crippen molar-refractivity contribution in [1.29, 1.82) is 0 Å². The zero-order valence-electron chi connectivity index (χ0n) is 12.3. The van der Waals surface area contributed by atoms with Crippen LogP contribution in [0.15, 0.2) is 0 Å². The predicted molar refractivity (Wildman–Crippen MR) is 73.2 cm³/mol. The number of likely N-dealkylation sites (N-methyl/N-ethyl adjacent to an activating group) is 1. The lowest BCUT2D eigenvalue weighted by Crippen LogP contribution is -2.46. The third-order valence-corrected chi connectivity index (χ3v) is 4.71. The zero-order chi connectivity index (χ0) is 14.0. The summed E-state index contributed by atoms with van der Waals surface area (Å²) in [5.74, 6) is -0.475. The number of nitrogens with zero attached hydrogens (tertiary/aromatic N) is 2. The van der Waals surface area contributed by atoms with Gasteiger partial charge in [0.15, 0.2) is 0 Å². The van der Waals surface area contributed by atoms with Crippen LogP contribution in [0.3, 0.4) is 0 Å². The van der Waals surface area contributed by atoms with E-state index in [-0.39, 0.29) is 12.0 Å². The molecule has 19 heavy (non-hydrogen) atoms. The van der Waals surface area contributed by atoms with E-state index in [0.717, 1.165) is 39.2 Å². The molecule has 0 saturated carbocycles. The number of morpholine rings is 1. The predicted octanol–water partition coefficient (Wildman–Crippen LogP) is 0.750. The number of carboxylic acid groups (broad SMARTS) is 1. The molecule has 2 aliphatic rings. The largest absolute Gasteiger partial charge is 0.481 e. The van der Waals surface area contributed by atoms with Crippen molar-refractivity contribution < 1.29 is 14.6 Å². The standard InChI is InChI=1S/C14H26N2O3/c1-11(2)14(13(17)18)4-5-16(10-14)9-12-8-15(3)6-7-19-12/h11-12H,4-10H2,1-3H3,(H,17,18). The fourth-order valence-electron chi connectivity index (χ4n) is 3.23. The third kappa shape index (κ3) is 3.09. The molecule has 2 heterocycles. The molecule has 2 aliphatic heterocycles. The summed E-state index contributed by atoms with van der Waals surface area (Å²) < 4.78 is 5.77. The monoisotopic (exact) mass is 270 g/mol. The van der Waals surface area contributed by atoms with Crippen LogP contribution in [0.5, 0.6) is 0 Å². The minimum atomic E-state index is -0.647. The summed E-state index contributed by atoms with van der Waals surface area (Å²) in [7, 11) is 2.11. The molecule has 0 spiro atoms. The highest BCUT2D eigenvalue weighted by Gasteiger charge is 2.47. The molecule has 2 saturated heterocycles. The second-order valence-corrected chi connectivity index (χ2v) is 6.36. The van der Waals surface area contributed by atoms with Gasteiger partial charge in [0, 0.05) is 26.2 Å². The van der Waals surface area contributed by atoms with Crippen LogP contribution in [0.2, 0.25) is 0 Å². The van der Waals surface area contributed by atoms with Crippen LogP contribution in [0.1, 0.15) is 20.3 Å². The first-order valence-corrected chi connectivity index (χ1v) is 7.20. The van der Waals surface area contributed by atoms with E-state index < -0.39 is 11.4 Å². The van der Waals surface area contributed by atoms with Gasteiger partial charge in [-0.3, -0.25) is 9.69 Å². The topological polar surface area (TPSA) is 53.0 Å². The van der Waals surface area contributed by atoms with Crippen LogP contribution in [0, 0.1) is 11.3 Å². The van der Waals surface area contributed by atoms with Crippen molar-refractivity contribution in [3.05, 3.63) is 0 Å². The molecule has 0 radical (unpaired) electrons. The van der Waals surface area contributed by atoms with E-state index >= 15 is 0 Å². The highest BCUT2D eigenvalue weighted by Crippen LogP contribution is 2.38.